The standard InChI is InChI=1S/C16H21N3OS/c1-11(20)18-13-7-5-12(6-8-13)17-9-14-10-21-15(19-14)16(2,3)4/h5-8,10,17H,9H2,1-4H3,(H,18,20). The Balaban J connectivity index is 1.94. The monoisotopic (exact) mass is 303 g/mol. The highest BCUT2D eigenvalue weighted by molar-refractivity contribution is 7.09. The van der Waals surface area contributed by atoms with Crippen LogP contribution in [-0.4, -0.2) is 10.9 Å². The molecule has 0 aliphatic rings. The van der Waals surface area contributed by atoms with Crippen LogP contribution in [0.2, 0.25) is 0 Å². The van der Waals surface area contributed by atoms with Gasteiger partial charge < -0.3 is 10.6 Å². The molecule has 0 fully saturated rings. The topological polar surface area (TPSA) is 54.0 Å². The van der Waals surface area contributed by atoms with Crippen molar-refractivity contribution >= 4 is 28.6 Å². The lowest BCUT2D eigenvalue weighted by molar-refractivity contribution is -0.114. The fraction of sp³-hybridized carbons (Fsp3) is 0.375. The maximum Gasteiger partial charge on any atom is 0.221 e. The van der Waals surface area contributed by atoms with Crippen LogP contribution in [0, 0.1) is 0 Å². The molecule has 2 N–H and O–H groups in total. The Kier molecular flexibility index (Phi) is 4.63. The summed E-state index contributed by atoms with van der Waals surface area (Å²) in [5.41, 5.74) is 2.96. The number of rotatable bonds is 4. The Bertz CT molecular complexity index is 611. The number of carbonyl (C=O) groups excluding carboxylic acids is 1. The van der Waals surface area contributed by atoms with Crippen LogP contribution in [0.4, 0.5) is 11.4 Å². The van der Waals surface area contributed by atoms with Gasteiger partial charge in [0, 0.05) is 29.1 Å². The molecular weight excluding hydrogens is 282 g/mol. The van der Waals surface area contributed by atoms with Crippen molar-refractivity contribution in [3.8, 4) is 0 Å². The van der Waals surface area contributed by atoms with Crippen LogP contribution in [0.3, 0.4) is 0 Å². The summed E-state index contributed by atoms with van der Waals surface area (Å²) in [6.45, 7) is 8.71. The van der Waals surface area contributed by atoms with Gasteiger partial charge in [-0.3, -0.25) is 4.79 Å². The average molecular weight is 303 g/mol. The molecular formula is C16H21N3OS. The minimum Gasteiger partial charge on any atom is -0.379 e. The molecule has 0 atom stereocenters. The van der Waals surface area contributed by atoms with Gasteiger partial charge in [-0.2, -0.15) is 0 Å². The second-order valence-corrected chi connectivity index (χ2v) is 6.86. The molecule has 1 aromatic carbocycles. The maximum absolute atomic E-state index is 11.0. The number of hydrogen-bond acceptors (Lipinski definition) is 4. The van der Waals surface area contributed by atoms with Crippen LogP contribution in [0.5, 0.6) is 0 Å². The van der Waals surface area contributed by atoms with Gasteiger partial charge in [0.2, 0.25) is 5.91 Å². The Morgan fingerprint density at radius 2 is 1.81 bits per heavy atom. The van der Waals surface area contributed by atoms with Gasteiger partial charge in [0.05, 0.1) is 17.2 Å². The number of thiazole rings is 1. The lowest BCUT2D eigenvalue weighted by Crippen LogP contribution is -2.11. The van der Waals surface area contributed by atoms with E-state index in [0.717, 1.165) is 22.1 Å². The molecule has 1 heterocycles. The zero-order valence-corrected chi connectivity index (χ0v) is 13.7. The van der Waals surface area contributed by atoms with E-state index in [4.69, 9.17) is 0 Å². The molecule has 0 aliphatic heterocycles. The molecule has 0 saturated carbocycles. The number of nitrogens with zero attached hydrogens (tertiary/aromatic N) is 1. The molecule has 2 rings (SSSR count). The third kappa shape index (κ3) is 4.56. The fourth-order valence-corrected chi connectivity index (χ4v) is 2.71. The molecule has 4 nitrogen and oxygen atoms in total. The summed E-state index contributed by atoms with van der Waals surface area (Å²) in [6, 6.07) is 7.65. The summed E-state index contributed by atoms with van der Waals surface area (Å²) >= 11 is 1.70. The van der Waals surface area contributed by atoms with Gasteiger partial charge in [-0.15, -0.1) is 11.3 Å². The summed E-state index contributed by atoms with van der Waals surface area (Å²) in [6.07, 6.45) is 0. The number of aromatic nitrogens is 1. The van der Waals surface area contributed by atoms with Crippen LogP contribution in [-0.2, 0) is 16.8 Å². The summed E-state index contributed by atoms with van der Waals surface area (Å²) in [7, 11) is 0. The molecule has 2 aromatic rings. The maximum atomic E-state index is 11.0. The third-order valence-electron chi connectivity index (χ3n) is 2.87. The normalized spacial score (nSPS) is 11.2. The van der Waals surface area contributed by atoms with Crippen LogP contribution < -0.4 is 10.6 Å². The minimum atomic E-state index is -0.0621. The Morgan fingerprint density at radius 1 is 1.19 bits per heavy atom. The second-order valence-electron chi connectivity index (χ2n) is 6.01. The van der Waals surface area contributed by atoms with Crippen molar-refractivity contribution in [1.29, 1.82) is 0 Å². The van der Waals surface area contributed by atoms with Crippen molar-refractivity contribution in [2.75, 3.05) is 10.6 Å². The Hall–Kier alpha value is -1.88. The summed E-state index contributed by atoms with van der Waals surface area (Å²) < 4.78 is 0. The molecule has 1 aromatic heterocycles. The van der Waals surface area contributed by atoms with Gasteiger partial charge in [-0.05, 0) is 24.3 Å². The lowest BCUT2D eigenvalue weighted by atomic mass is 9.98. The van der Waals surface area contributed by atoms with Crippen LogP contribution >= 0.6 is 11.3 Å². The fourth-order valence-electron chi connectivity index (χ4n) is 1.80. The first-order valence-electron chi connectivity index (χ1n) is 6.91. The predicted molar refractivity (Wildman–Crippen MR) is 88.9 cm³/mol. The highest BCUT2D eigenvalue weighted by Gasteiger charge is 2.17. The smallest absolute Gasteiger partial charge is 0.221 e. The first-order valence-corrected chi connectivity index (χ1v) is 7.79. The Labute approximate surface area is 129 Å². The Morgan fingerprint density at radius 3 is 2.33 bits per heavy atom. The summed E-state index contributed by atoms with van der Waals surface area (Å²) in [5.74, 6) is -0.0621. The molecule has 0 aliphatic carbocycles. The molecule has 0 saturated heterocycles. The summed E-state index contributed by atoms with van der Waals surface area (Å²) in [4.78, 5) is 15.6. The van der Waals surface area contributed by atoms with Gasteiger partial charge in [0.25, 0.3) is 0 Å². The molecule has 0 spiro atoms. The number of anilines is 2. The van der Waals surface area contributed by atoms with E-state index in [-0.39, 0.29) is 11.3 Å². The SMILES string of the molecule is CC(=O)Nc1ccc(NCc2csc(C(C)(C)C)n2)cc1. The van der Waals surface area contributed by atoms with Crippen molar-refractivity contribution in [3.05, 3.63) is 40.3 Å². The van der Waals surface area contributed by atoms with E-state index in [1.165, 1.54) is 6.92 Å². The largest absolute Gasteiger partial charge is 0.379 e. The molecule has 112 valence electrons. The number of nitrogens with one attached hydrogen (secondary N) is 2. The molecule has 1 amide bonds. The predicted octanol–water partition coefficient (Wildman–Crippen LogP) is 4.01. The first-order chi connectivity index (χ1) is 9.84. The van der Waals surface area contributed by atoms with Crippen molar-refractivity contribution in [2.24, 2.45) is 0 Å². The lowest BCUT2D eigenvalue weighted by Gasteiger charge is -2.13. The van der Waals surface area contributed by atoms with Crippen LogP contribution in [0.15, 0.2) is 29.6 Å². The molecule has 0 bridgehead atoms. The first kappa shape index (κ1) is 15.5. The number of amides is 1. The van der Waals surface area contributed by atoms with E-state index in [1.54, 1.807) is 11.3 Å². The summed E-state index contributed by atoms with van der Waals surface area (Å²) in [5, 5.41) is 9.34. The number of carbonyl (C=O) groups is 1. The van der Waals surface area contributed by atoms with Gasteiger partial charge >= 0.3 is 0 Å². The second kappa shape index (κ2) is 6.26. The van der Waals surface area contributed by atoms with Gasteiger partial charge in [-0.25, -0.2) is 4.98 Å². The molecule has 0 unspecified atom stereocenters. The van der Waals surface area contributed by atoms with Crippen molar-refractivity contribution in [2.45, 2.75) is 39.7 Å². The van der Waals surface area contributed by atoms with Gasteiger partial charge in [-0.1, -0.05) is 20.8 Å². The van der Waals surface area contributed by atoms with E-state index in [0.29, 0.717) is 6.54 Å². The van der Waals surface area contributed by atoms with Crippen molar-refractivity contribution in [3.63, 3.8) is 0 Å². The van der Waals surface area contributed by atoms with E-state index in [2.05, 4.69) is 41.8 Å². The van der Waals surface area contributed by atoms with E-state index in [9.17, 15) is 4.79 Å². The van der Waals surface area contributed by atoms with Crippen molar-refractivity contribution < 1.29 is 4.79 Å². The average Bonchev–Trinajstić information content (AvgIpc) is 2.86. The number of hydrogen-bond donors (Lipinski definition) is 2. The van der Waals surface area contributed by atoms with E-state index in [1.807, 2.05) is 24.3 Å². The van der Waals surface area contributed by atoms with Gasteiger partial charge in [0.15, 0.2) is 0 Å². The third-order valence-corrected chi connectivity index (χ3v) is 4.19. The number of benzene rings is 1. The molecule has 5 heteroatoms. The van der Waals surface area contributed by atoms with E-state index >= 15 is 0 Å². The zero-order chi connectivity index (χ0) is 15.5. The molecule has 21 heavy (non-hydrogen) atoms. The minimum absolute atomic E-state index is 0.0621. The molecule has 0 radical (unpaired) electrons. The van der Waals surface area contributed by atoms with Gasteiger partial charge in [0.1, 0.15) is 0 Å². The van der Waals surface area contributed by atoms with Crippen LogP contribution in [0.1, 0.15) is 38.4 Å². The zero-order valence-electron chi connectivity index (χ0n) is 12.9. The van der Waals surface area contributed by atoms with E-state index < -0.39 is 0 Å². The van der Waals surface area contributed by atoms with Crippen molar-refractivity contribution in [1.82, 2.24) is 4.98 Å². The quantitative estimate of drug-likeness (QED) is 0.897. The van der Waals surface area contributed by atoms with Crippen LogP contribution in [0.25, 0.3) is 0 Å². The highest BCUT2D eigenvalue weighted by atomic mass is 32.1. The highest BCUT2D eigenvalue weighted by Crippen LogP contribution is 2.25.